The maximum atomic E-state index is 14.9. The highest BCUT2D eigenvalue weighted by Crippen LogP contribution is 2.38. The third-order valence-corrected chi connectivity index (χ3v) is 11.8. The second kappa shape index (κ2) is 16.5. The average molecular weight is 946 g/mol. The van der Waals surface area contributed by atoms with E-state index in [1.54, 1.807) is 27.6 Å². The Morgan fingerprint density at radius 3 is 1.56 bits per heavy atom. The Kier molecular flexibility index (Phi) is 10.7. The average Bonchev–Trinajstić information content (AvgIpc) is 4.09. The highest BCUT2D eigenvalue weighted by Gasteiger charge is 2.35. The zero-order valence-corrected chi connectivity index (χ0v) is 34.8. The van der Waals surface area contributed by atoms with Crippen molar-refractivity contribution in [3.63, 3.8) is 0 Å². The summed E-state index contributed by atoms with van der Waals surface area (Å²) >= 11 is 3.60. The number of ether oxygens (including phenoxy) is 2. The summed E-state index contributed by atoms with van der Waals surface area (Å²) in [5, 5.41) is 0.103. The molecule has 0 aliphatic carbocycles. The van der Waals surface area contributed by atoms with E-state index in [1.807, 2.05) is 23.1 Å². The van der Waals surface area contributed by atoms with Gasteiger partial charge in [-0.2, -0.15) is 13.2 Å². The number of morpholine rings is 2. The standard InChI is InChI=1S/C24H17F5N6O.C20H15BrF2N4O/c25-15-1-2-16(26)22-20(15)18(3-4-30-22)35-12-32-21-14(17-11-31-23(33-17)24(27,28)29)9-13(10-19(21)35)34-5-7-36-8-6-34;21-13-9-12(26-5-7-28-8-6-26)10-17-19(13)25-11-27(17)16-3-4-24-20-15(23)2-1-14(22)18(16)20/h1-4,9-12H,5-8H2,(H,31,33);1-4,9-11H,5-8H2. The number of rotatable bonds is 5. The number of nitrogens with one attached hydrogen (secondary N) is 1. The summed E-state index contributed by atoms with van der Waals surface area (Å²) in [5.41, 5.74) is 5.33. The Hall–Kier alpha value is -6.64. The molecule has 2 fully saturated rings. The van der Waals surface area contributed by atoms with Crippen molar-refractivity contribution in [3.05, 3.63) is 125 Å². The van der Waals surface area contributed by atoms with Gasteiger partial charge in [0.2, 0.25) is 5.82 Å². The first kappa shape index (κ1) is 41.4. The summed E-state index contributed by atoms with van der Waals surface area (Å²) in [6, 6.07) is 15.0. The minimum atomic E-state index is -4.64. The topological polar surface area (TPSA) is 115 Å². The molecule has 7 heterocycles. The van der Waals surface area contributed by atoms with Crippen molar-refractivity contribution in [2.24, 2.45) is 0 Å². The first-order valence-corrected chi connectivity index (χ1v) is 20.7. The lowest BCUT2D eigenvalue weighted by Crippen LogP contribution is -2.36. The lowest BCUT2D eigenvalue weighted by molar-refractivity contribution is -0.144. The maximum absolute atomic E-state index is 14.9. The van der Waals surface area contributed by atoms with Gasteiger partial charge in [0.25, 0.3) is 0 Å². The van der Waals surface area contributed by atoms with Gasteiger partial charge in [-0.3, -0.25) is 19.1 Å². The lowest BCUT2D eigenvalue weighted by Gasteiger charge is -2.29. The molecule has 9 aromatic rings. The zero-order valence-electron chi connectivity index (χ0n) is 33.2. The molecular weight excluding hydrogens is 913 g/mol. The Balaban J connectivity index is 0.000000156. The van der Waals surface area contributed by atoms with E-state index in [0.29, 0.717) is 67.5 Å². The Morgan fingerprint density at radius 2 is 1.05 bits per heavy atom. The molecule has 64 heavy (non-hydrogen) atoms. The molecule has 11 rings (SSSR count). The van der Waals surface area contributed by atoms with E-state index < -0.39 is 35.3 Å². The van der Waals surface area contributed by atoms with Gasteiger partial charge in [0.1, 0.15) is 52.5 Å². The van der Waals surface area contributed by atoms with Gasteiger partial charge in [-0.25, -0.2) is 32.5 Å². The van der Waals surface area contributed by atoms with Crippen LogP contribution in [0.4, 0.5) is 42.1 Å². The summed E-state index contributed by atoms with van der Waals surface area (Å²) in [5.74, 6) is -3.55. The van der Waals surface area contributed by atoms with Gasteiger partial charge in [-0.05, 0) is 76.6 Å². The molecule has 0 atom stereocenters. The van der Waals surface area contributed by atoms with Crippen LogP contribution in [0, 0.1) is 23.3 Å². The van der Waals surface area contributed by atoms with Crippen LogP contribution in [0.2, 0.25) is 0 Å². The van der Waals surface area contributed by atoms with Crippen molar-refractivity contribution in [2.45, 2.75) is 6.18 Å². The van der Waals surface area contributed by atoms with Crippen molar-refractivity contribution in [1.82, 2.24) is 39.0 Å². The van der Waals surface area contributed by atoms with Crippen LogP contribution in [0.15, 0.2) is 96.4 Å². The summed E-state index contributed by atoms with van der Waals surface area (Å²) in [7, 11) is 0. The Morgan fingerprint density at radius 1 is 0.562 bits per heavy atom. The number of alkyl halides is 3. The van der Waals surface area contributed by atoms with Crippen LogP contribution < -0.4 is 9.80 Å². The van der Waals surface area contributed by atoms with Crippen LogP contribution in [0.1, 0.15) is 5.82 Å². The van der Waals surface area contributed by atoms with Crippen LogP contribution in [0.5, 0.6) is 0 Å². The number of hydrogen-bond donors (Lipinski definition) is 1. The first-order valence-electron chi connectivity index (χ1n) is 19.9. The molecule has 2 saturated heterocycles. The SMILES string of the molecule is Fc1ccc(F)c2c(-n3cnc4c(-c5cnc(C(F)(F)F)[nH]5)cc(N5CCOCC5)cc43)ccnc12.Fc1ccc(F)c2c(-n3cnc4c(Br)cc(N5CCOCC5)cc43)ccnc12. The van der Waals surface area contributed by atoms with Crippen LogP contribution in [-0.2, 0) is 15.7 Å². The summed E-state index contributed by atoms with van der Waals surface area (Å²) < 4.78 is 113. The molecule has 12 nitrogen and oxygen atoms in total. The quantitative estimate of drug-likeness (QED) is 0.169. The van der Waals surface area contributed by atoms with E-state index in [-0.39, 0.29) is 27.5 Å². The van der Waals surface area contributed by atoms with Crippen molar-refractivity contribution in [2.75, 3.05) is 62.4 Å². The number of imidazole rings is 3. The van der Waals surface area contributed by atoms with Crippen molar-refractivity contribution >= 4 is 71.2 Å². The van der Waals surface area contributed by atoms with Crippen LogP contribution in [0.25, 0.3) is 66.5 Å². The van der Waals surface area contributed by atoms with E-state index in [1.165, 1.54) is 24.8 Å². The summed E-state index contributed by atoms with van der Waals surface area (Å²) in [4.78, 5) is 27.0. The van der Waals surface area contributed by atoms with E-state index >= 15 is 0 Å². The van der Waals surface area contributed by atoms with Gasteiger partial charge in [-0.15, -0.1) is 0 Å². The lowest BCUT2D eigenvalue weighted by atomic mass is 10.1. The monoisotopic (exact) mass is 944 g/mol. The Bertz CT molecular complexity index is 3230. The summed E-state index contributed by atoms with van der Waals surface area (Å²) in [6.45, 7) is 5.08. The highest BCUT2D eigenvalue weighted by molar-refractivity contribution is 9.10. The Labute approximate surface area is 366 Å². The maximum Gasteiger partial charge on any atom is 0.449 e. The number of H-pyrrole nitrogens is 1. The smallest absolute Gasteiger partial charge is 0.378 e. The zero-order chi connectivity index (χ0) is 44.3. The molecule has 0 bridgehead atoms. The third kappa shape index (κ3) is 7.43. The predicted molar refractivity (Wildman–Crippen MR) is 229 cm³/mol. The third-order valence-electron chi connectivity index (χ3n) is 11.2. The fraction of sp³-hybridized carbons (Fsp3) is 0.205. The van der Waals surface area contributed by atoms with E-state index in [2.05, 4.69) is 50.7 Å². The fourth-order valence-corrected chi connectivity index (χ4v) is 8.66. The number of aromatic nitrogens is 8. The second-order valence-electron chi connectivity index (χ2n) is 14.9. The number of anilines is 2. The van der Waals surface area contributed by atoms with E-state index in [0.717, 1.165) is 70.4 Å². The fourth-order valence-electron chi connectivity index (χ4n) is 8.12. The van der Waals surface area contributed by atoms with Crippen molar-refractivity contribution < 1.29 is 40.2 Å². The van der Waals surface area contributed by atoms with Gasteiger partial charge in [0.05, 0.1) is 77.0 Å². The van der Waals surface area contributed by atoms with Crippen LogP contribution in [-0.4, -0.2) is 91.6 Å². The number of fused-ring (bicyclic) bond motifs is 4. The molecule has 0 amide bonds. The van der Waals surface area contributed by atoms with Crippen molar-refractivity contribution in [1.29, 1.82) is 0 Å². The molecule has 0 saturated carbocycles. The largest absolute Gasteiger partial charge is 0.449 e. The minimum absolute atomic E-state index is 0.00255. The van der Waals surface area contributed by atoms with E-state index in [9.17, 15) is 30.7 Å². The second-order valence-corrected chi connectivity index (χ2v) is 15.7. The van der Waals surface area contributed by atoms with Crippen LogP contribution >= 0.6 is 15.9 Å². The minimum Gasteiger partial charge on any atom is -0.378 e. The van der Waals surface area contributed by atoms with Gasteiger partial charge in [-0.1, -0.05) is 0 Å². The van der Waals surface area contributed by atoms with Crippen molar-refractivity contribution in [3.8, 4) is 22.6 Å². The molecule has 326 valence electrons. The molecular formula is C44H32BrF7N10O2. The molecule has 0 radical (unpaired) electrons. The van der Waals surface area contributed by atoms with Crippen LogP contribution in [0.3, 0.4) is 0 Å². The first-order chi connectivity index (χ1) is 30.9. The normalized spacial score (nSPS) is 14.8. The molecule has 2 aliphatic rings. The molecule has 1 N–H and O–H groups in total. The van der Waals surface area contributed by atoms with Gasteiger partial charge in [0, 0.05) is 60.0 Å². The highest BCUT2D eigenvalue weighted by atomic mass is 79.9. The number of pyridine rings is 2. The summed E-state index contributed by atoms with van der Waals surface area (Å²) in [6.07, 6.45) is 2.36. The molecule has 4 aromatic carbocycles. The number of hydrogen-bond acceptors (Lipinski definition) is 9. The number of halogens is 8. The molecule has 0 unspecified atom stereocenters. The number of aromatic amines is 1. The predicted octanol–water partition coefficient (Wildman–Crippen LogP) is 9.55. The van der Waals surface area contributed by atoms with Gasteiger partial charge < -0.3 is 24.3 Å². The number of nitrogens with zero attached hydrogens (tertiary/aromatic N) is 9. The van der Waals surface area contributed by atoms with Gasteiger partial charge in [0.15, 0.2) is 0 Å². The molecule has 0 spiro atoms. The number of benzene rings is 4. The molecule has 20 heteroatoms. The molecule has 5 aromatic heterocycles. The van der Waals surface area contributed by atoms with E-state index in [4.69, 9.17) is 9.47 Å². The molecule has 2 aliphatic heterocycles. The van der Waals surface area contributed by atoms with Gasteiger partial charge >= 0.3 is 6.18 Å².